The molecule has 1 aromatic heterocycles. The maximum Gasteiger partial charge on any atom is 0.264 e. The molecule has 129 valence electrons. The number of rotatable bonds is 3. The first-order valence-electron chi connectivity index (χ1n) is 8.95. The minimum absolute atomic E-state index is 0. The number of fused-ring (bicyclic) bond motifs is 1. The van der Waals surface area contributed by atoms with Gasteiger partial charge in [0.25, 0.3) is 6.33 Å². The van der Waals surface area contributed by atoms with Crippen molar-refractivity contribution in [2.24, 2.45) is 18.0 Å². The van der Waals surface area contributed by atoms with E-state index >= 15 is 0 Å². The molecule has 1 fully saturated rings. The number of aryl methyl sites for hydroxylation is 2. The van der Waals surface area contributed by atoms with Crippen molar-refractivity contribution in [1.82, 2.24) is 4.98 Å². The smallest absolute Gasteiger partial charge is 0.264 e. The van der Waals surface area contributed by atoms with Gasteiger partial charge < -0.3 is 4.99 Å². The van der Waals surface area contributed by atoms with E-state index < -0.39 is 0 Å². The van der Waals surface area contributed by atoms with Crippen molar-refractivity contribution in [3.63, 3.8) is 0 Å². The molecule has 1 saturated carbocycles. The summed E-state index contributed by atoms with van der Waals surface area (Å²) < 4.78 is 2.01. The van der Waals surface area contributed by atoms with Crippen molar-refractivity contribution in [1.29, 1.82) is 0 Å². The van der Waals surface area contributed by atoms with Crippen molar-refractivity contribution < 1.29 is 37.3 Å². The predicted octanol–water partition coefficient (Wildman–Crippen LogP) is 4.60. The predicted molar refractivity (Wildman–Crippen MR) is 101 cm³/mol. The van der Waals surface area contributed by atoms with Gasteiger partial charge in [0, 0.05) is 38.5 Å². The van der Waals surface area contributed by atoms with Gasteiger partial charge in [0.15, 0.2) is 0 Å². The van der Waals surface area contributed by atoms with Gasteiger partial charge >= 0.3 is 0 Å². The normalized spacial score (nSPS) is 14.8. The molecule has 3 nitrogen and oxygen atoms in total. The monoisotopic (exact) mass is 417 g/mol. The molecule has 4 heteroatoms. The SMILES string of the molecule is Cc1c(-c2[c-]c(N=[C-]C3CCCC3)nc[n+]2C)ccc2ccccc12.[Y]. The summed E-state index contributed by atoms with van der Waals surface area (Å²) in [5.74, 6) is 1.10. The summed E-state index contributed by atoms with van der Waals surface area (Å²) >= 11 is 0. The molecule has 1 aliphatic rings. The van der Waals surface area contributed by atoms with E-state index in [2.05, 4.69) is 65.6 Å². The fourth-order valence-electron chi connectivity index (χ4n) is 3.63. The Morgan fingerprint density at radius 1 is 1.15 bits per heavy atom. The molecule has 26 heavy (non-hydrogen) atoms. The fourth-order valence-corrected chi connectivity index (χ4v) is 3.63. The largest absolute Gasteiger partial charge is 0.435 e. The van der Waals surface area contributed by atoms with Crippen LogP contribution in [0.2, 0.25) is 0 Å². The second kappa shape index (κ2) is 8.50. The number of aromatic nitrogens is 2. The first-order valence-corrected chi connectivity index (χ1v) is 8.95. The number of hydrogen-bond donors (Lipinski definition) is 0. The molecule has 1 aliphatic carbocycles. The third-order valence-electron chi connectivity index (χ3n) is 5.10. The first-order chi connectivity index (χ1) is 12.2. The Morgan fingerprint density at radius 2 is 1.92 bits per heavy atom. The van der Waals surface area contributed by atoms with Crippen molar-refractivity contribution in [2.75, 3.05) is 0 Å². The number of nitrogens with zero attached hydrogens (tertiary/aromatic N) is 3. The molecule has 1 heterocycles. The number of aliphatic imine (C=N–C) groups is 1. The van der Waals surface area contributed by atoms with Crippen LogP contribution in [0.5, 0.6) is 0 Å². The van der Waals surface area contributed by atoms with Crippen LogP contribution < -0.4 is 4.57 Å². The molecule has 4 rings (SSSR count). The molecular weight excluding hydrogens is 395 g/mol. The van der Waals surface area contributed by atoms with Crippen molar-refractivity contribution >= 4 is 22.8 Å². The van der Waals surface area contributed by atoms with Gasteiger partial charge in [-0.05, 0) is 16.5 Å². The van der Waals surface area contributed by atoms with Crippen LogP contribution in [0.1, 0.15) is 31.2 Å². The zero-order valence-corrected chi connectivity index (χ0v) is 18.2. The molecule has 0 saturated heterocycles. The van der Waals surface area contributed by atoms with Crippen LogP contribution >= 0.6 is 0 Å². The van der Waals surface area contributed by atoms with Crippen LogP contribution in [0.25, 0.3) is 22.0 Å². The average Bonchev–Trinajstić information content (AvgIpc) is 3.16. The Bertz CT molecular complexity index is 943. The second-order valence-electron chi connectivity index (χ2n) is 6.83. The fraction of sp³-hybridized carbons (Fsp3) is 0.318. The van der Waals surface area contributed by atoms with E-state index in [0.29, 0.717) is 11.7 Å². The number of hydrogen-bond acceptors (Lipinski definition) is 2. The maximum atomic E-state index is 4.48. The maximum absolute atomic E-state index is 4.48. The second-order valence-corrected chi connectivity index (χ2v) is 6.83. The molecule has 1 radical (unpaired) electrons. The first kappa shape index (κ1) is 19.3. The third kappa shape index (κ3) is 3.94. The van der Waals surface area contributed by atoms with Crippen molar-refractivity contribution in [3.8, 4) is 11.3 Å². The van der Waals surface area contributed by atoms with Crippen LogP contribution in [0.3, 0.4) is 0 Å². The van der Waals surface area contributed by atoms with Crippen LogP contribution in [-0.2, 0) is 39.8 Å². The molecule has 0 unspecified atom stereocenters. The summed E-state index contributed by atoms with van der Waals surface area (Å²) in [6.07, 6.45) is 10.0. The van der Waals surface area contributed by atoms with Gasteiger partial charge in [-0.25, -0.2) is 6.07 Å². The summed E-state index contributed by atoms with van der Waals surface area (Å²) in [6, 6.07) is 16.2. The zero-order valence-electron chi connectivity index (χ0n) is 15.4. The molecule has 0 aliphatic heterocycles. The summed E-state index contributed by atoms with van der Waals surface area (Å²) in [5.41, 5.74) is 3.43. The molecule has 3 aromatic rings. The molecular formula is C22H22N3Y-. The van der Waals surface area contributed by atoms with Gasteiger partial charge in [-0.1, -0.05) is 68.9 Å². The van der Waals surface area contributed by atoms with Gasteiger partial charge in [0.2, 0.25) is 0 Å². The van der Waals surface area contributed by atoms with Crippen LogP contribution in [0.15, 0.2) is 47.7 Å². The third-order valence-corrected chi connectivity index (χ3v) is 5.10. The van der Waals surface area contributed by atoms with Crippen LogP contribution in [-0.4, -0.2) is 11.2 Å². The van der Waals surface area contributed by atoms with Gasteiger partial charge in [-0.15, -0.1) is 22.2 Å². The van der Waals surface area contributed by atoms with E-state index in [1.165, 1.54) is 47.6 Å². The Kier molecular flexibility index (Phi) is 6.31. The Morgan fingerprint density at radius 3 is 2.73 bits per heavy atom. The van der Waals surface area contributed by atoms with Crippen LogP contribution in [0, 0.1) is 18.9 Å². The zero-order chi connectivity index (χ0) is 17.2. The van der Waals surface area contributed by atoms with Crippen molar-refractivity contribution in [2.45, 2.75) is 32.6 Å². The van der Waals surface area contributed by atoms with E-state index in [0.717, 1.165) is 5.69 Å². The minimum Gasteiger partial charge on any atom is -0.435 e. The Balaban J connectivity index is 0.00000196. The Labute approximate surface area is 180 Å². The van der Waals surface area contributed by atoms with Gasteiger partial charge in [0.1, 0.15) is 0 Å². The van der Waals surface area contributed by atoms with E-state index in [1.54, 1.807) is 0 Å². The summed E-state index contributed by atoms with van der Waals surface area (Å²) in [7, 11) is 2.00. The average molecular weight is 417 g/mol. The minimum atomic E-state index is 0. The molecule has 0 N–H and O–H groups in total. The quantitative estimate of drug-likeness (QED) is 0.348. The van der Waals surface area contributed by atoms with Crippen molar-refractivity contribution in [3.05, 3.63) is 54.4 Å². The molecule has 2 aromatic carbocycles. The van der Waals surface area contributed by atoms with Gasteiger partial charge in [0.05, 0.1) is 7.05 Å². The standard InChI is InChI=1S/C22H22N3.Y/c1-16-19-10-6-5-9-18(19)11-12-20(16)21-13-22(24-15-25(21)2)23-14-17-7-3-4-8-17;/h5-6,9-12,15,17H,3-4,7-8H2,1-2H3;/q-1;. The van der Waals surface area contributed by atoms with E-state index in [4.69, 9.17) is 0 Å². The van der Waals surface area contributed by atoms with E-state index in [9.17, 15) is 0 Å². The summed E-state index contributed by atoms with van der Waals surface area (Å²) in [4.78, 5) is 8.87. The van der Waals surface area contributed by atoms with E-state index in [-0.39, 0.29) is 32.7 Å². The van der Waals surface area contributed by atoms with Gasteiger partial charge in [-0.3, -0.25) is 4.57 Å². The van der Waals surface area contributed by atoms with E-state index in [1.807, 2.05) is 17.9 Å². The number of benzene rings is 2. The molecule has 0 spiro atoms. The molecule has 0 amide bonds. The molecule has 0 atom stereocenters. The van der Waals surface area contributed by atoms with Crippen LogP contribution in [0.4, 0.5) is 5.82 Å². The topological polar surface area (TPSA) is 29.1 Å². The Hall–Kier alpha value is -1.45. The molecule has 0 bridgehead atoms. The van der Waals surface area contributed by atoms with Gasteiger partial charge in [-0.2, -0.15) is 6.21 Å². The summed E-state index contributed by atoms with van der Waals surface area (Å²) in [6.45, 7) is 2.17. The summed E-state index contributed by atoms with van der Waals surface area (Å²) in [5, 5.41) is 2.53.